The number of rotatable bonds is 4. The first kappa shape index (κ1) is 20.2. The van der Waals surface area contributed by atoms with Gasteiger partial charge in [0, 0.05) is 63.3 Å². The molecule has 3 aliphatic rings. The summed E-state index contributed by atoms with van der Waals surface area (Å²) in [6, 6.07) is 12.3. The maximum Gasteiger partial charge on any atom is 0.253 e. The van der Waals surface area contributed by atoms with E-state index in [9.17, 15) is 9.59 Å². The van der Waals surface area contributed by atoms with E-state index in [4.69, 9.17) is 0 Å². The number of benzene rings is 1. The molecular formula is C25H30N4O2. The van der Waals surface area contributed by atoms with Crippen molar-refractivity contribution in [1.82, 2.24) is 19.7 Å². The number of likely N-dealkylation sites (tertiary alicyclic amines) is 1. The molecule has 2 aromatic rings. The summed E-state index contributed by atoms with van der Waals surface area (Å²) in [5, 5.41) is 0. The van der Waals surface area contributed by atoms with Crippen LogP contribution in [0.25, 0.3) is 11.1 Å². The summed E-state index contributed by atoms with van der Waals surface area (Å²) < 4.78 is 0. The second-order valence-electron chi connectivity index (χ2n) is 9.02. The van der Waals surface area contributed by atoms with E-state index in [2.05, 4.69) is 9.88 Å². The number of carbonyl (C=O) groups excluding carboxylic acids is 2. The molecule has 0 bridgehead atoms. The number of aromatic nitrogens is 1. The molecule has 0 spiro atoms. The van der Waals surface area contributed by atoms with Gasteiger partial charge in [-0.05, 0) is 54.7 Å². The van der Waals surface area contributed by atoms with E-state index in [1.165, 1.54) is 19.3 Å². The van der Waals surface area contributed by atoms with E-state index in [0.717, 1.165) is 49.8 Å². The predicted octanol–water partition coefficient (Wildman–Crippen LogP) is 2.91. The van der Waals surface area contributed by atoms with Gasteiger partial charge >= 0.3 is 0 Å². The van der Waals surface area contributed by atoms with Crippen LogP contribution in [0.1, 0.15) is 36.0 Å². The lowest BCUT2D eigenvalue weighted by Crippen LogP contribution is -2.56. The normalized spacial score (nSPS) is 20.6. The van der Waals surface area contributed by atoms with Crippen molar-refractivity contribution in [2.75, 3.05) is 39.3 Å². The van der Waals surface area contributed by atoms with Gasteiger partial charge in [-0.15, -0.1) is 0 Å². The zero-order chi connectivity index (χ0) is 21.2. The molecule has 6 heteroatoms. The number of hydrogen-bond donors (Lipinski definition) is 0. The molecule has 1 aromatic carbocycles. The Hall–Kier alpha value is -2.73. The summed E-state index contributed by atoms with van der Waals surface area (Å²) in [5.41, 5.74) is 2.82. The van der Waals surface area contributed by atoms with Gasteiger partial charge in [-0.1, -0.05) is 18.6 Å². The van der Waals surface area contributed by atoms with Crippen molar-refractivity contribution in [3.63, 3.8) is 0 Å². The highest BCUT2D eigenvalue weighted by Crippen LogP contribution is 2.27. The summed E-state index contributed by atoms with van der Waals surface area (Å²) in [6.45, 7) is 4.85. The highest BCUT2D eigenvalue weighted by Gasteiger charge is 2.39. The Kier molecular flexibility index (Phi) is 5.72. The van der Waals surface area contributed by atoms with Crippen molar-refractivity contribution in [2.24, 2.45) is 5.92 Å². The van der Waals surface area contributed by atoms with Crippen LogP contribution in [0.5, 0.6) is 0 Å². The lowest BCUT2D eigenvalue weighted by molar-refractivity contribution is -0.139. The maximum atomic E-state index is 13.0. The van der Waals surface area contributed by atoms with Crippen LogP contribution in [0, 0.1) is 5.92 Å². The third kappa shape index (κ3) is 4.22. The SMILES string of the molecule is O=C(c1ccc(-c2ccncc2)cc1)N1CC(C(=O)N2CCCN(C3CCC3)CC2)C1. The molecule has 0 radical (unpaired) electrons. The van der Waals surface area contributed by atoms with Gasteiger partial charge in [-0.3, -0.25) is 19.5 Å². The molecule has 0 N–H and O–H groups in total. The fraction of sp³-hybridized carbons (Fsp3) is 0.480. The number of amides is 2. The summed E-state index contributed by atoms with van der Waals surface area (Å²) in [6.07, 6.45) is 8.57. The molecule has 2 aliphatic heterocycles. The standard InChI is InChI=1S/C25H30N4O2/c30-24(21-7-5-19(6-8-21)20-9-11-26-12-10-20)29-17-22(18-29)25(31)28-14-2-13-27(15-16-28)23-3-1-4-23/h5-12,22-23H,1-4,13-18H2. The molecule has 0 unspecified atom stereocenters. The van der Waals surface area contributed by atoms with Crippen molar-refractivity contribution >= 4 is 11.8 Å². The van der Waals surface area contributed by atoms with Crippen LogP contribution in [-0.2, 0) is 4.79 Å². The fourth-order valence-corrected chi connectivity index (χ4v) is 4.87. The van der Waals surface area contributed by atoms with Crippen LogP contribution in [0.4, 0.5) is 0 Å². The Balaban J connectivity index is 1.13. The third-order valence-corrected chi connectivity index (χ3v) is 7.10. The topological polar surface area (TPSA) is 56.8 Å². The Bertz CT molecular complexity index is 920. The van der Waals surface area contributed by atoms with E-state index >= 15 is 0 Å². The van der Waals surface area contributed by atoms with Gasteiger partial charge in [-0.2, -0.15) is 0 Å². The monoisotopic (exact) mass is 418 g/mol. The third-order valence-electron chi connectivity index (χ3n) is 7.10. The average molecular weight is 419 g/mol. The van der Waals surface area contributed by atoms with Crippen LogP contribution >= 0.6 is 0 Å². The van der Waals surface area contributed by atoms with Crippen LogP contribution in [0.15, 0.2) is 48.8 Å². The lowest BCUT2D eigenvalue weighted by atomic mass is 9.91. The van der Waals surface area contributed by atoms with E-state index in [-0.39, 0.29) is 17.7 Å². The Labute approximate surface area is 183 Å². The summed E-state index contributed by atoms with van der Waals surface area (Å²) in [4.78, 5) is 36.2. The second kappa shape index (κ2) is 8.79. The minimum absolute atomic E-state index is 0.0114. The highest BCUT2D eigenvalue weighted by atomic mass is 16.2. The van der Waals surface area contributed by atoms with Crippen molar-refractivity contribution in [1.29, 1.82) is 0 Å². The van der Waals surface area contributed by atoms with Crippen molar-refractivity contribution in [3.8, 4) is 11.1 Å². The van der Waals surface area contributed by atoms with Crippen molar-refractivity contribution in [3.05, 3.63) is 54.4 Å². The first-order valence-corrected chi connectivity index (χ1v) is 11.5. The van der Waals surface area contributed by atoms with Gasteiger partial charge in [-0.25, -0.2) is 0 Å². The highest BCUT2D eigenvalue weighted by molar-refractivity contribution is 5.96. The molecule has 2 amide bonds. The minimum atomic E-state index is -0.0460. The predicted molar refractivity (Wildman–Crippen MR) is 119 cm³/mol. The largest absolute Gasteiger partial charge is 0.341 e. The maximum absolute atomic E-state index is 13.0. The molecule has 1 aromatic heterocycles. The number of nitrogens with zero attached hydrogens (tertiary/aromatic N) is 4. The molecule has 2 saturated heterocycles. The molecule has 3 heterocycles. The Morgan fingerprint density at radius 1 is 0.774 bits per heavy atom. The van der Waals surface area contributed by atoms with Crippen LogP contribution in [-0.4, -0.2) is 76.8 Å². The molecule has 0 atom stereocenters. The molecule has 1 aliphatic carbocycles. The molecule has 5 rings (SSSR count). The van der Waals surface area contributed by atoms with E-state index in [1.807, 2.05) is 41.3 Å². The van der Waals surface area contributed by atoms with Crippen LogP contribution in [0.2, 0.25) is 0 Å². The van der Waals surface area contributed by atoms with Gasteiger partial charge in [0.2, 0.25) is 5.91 Å². The van der Waals surface area contributed by atoms with Gasteiger partial charge in [0.15, 0.2) is 0 Å². The minimum Gasteiger partial charge on any atom is -0.341 e. The number of pyridine rings is 1. The smallest absolute Gasteiger partial charge is 0.253 e. The van der Waals surface area contributed by atoms with E-state index < -0.39 is 0 Å². The fourth-order valence-electron chi connectivity index (χ4n) is 4.87. The van der Waals surface area contributed by atoms with Crippen LogP contribution in [0.3, 0.4) is 0 Å². The molecular weight excluding hydrogens is 388 g/mol. The lowest BCUT2D eigenvalue weighted by Gasteiger charge is -2.40. The molecule has 6 nitrogen and oxygen atoms in total. The quantitative estimate of drug-likeness (QED) is 0.766. The Morgan fingerprint density at radius 2 is 1.48 bits per heavy atom. The van der Waals surface area contributed by atoms with Gasteiger partial charge in [0.25, 0.3) is 5.91 Å². The first-order chi connectivity index (χ1) is 15.2. The zero-order valence-electron chi connectivity index (χ0n) is 17.9. The van der Waals surface area contributed by atoms with Gasteiger partial charge < -0.3 is 9.80 Å². The summed E-state index contributed by atoms with van der Waals surface area (Å²) in [7, 11) is 0. The van der Waals surface area contributed by atoms with Crippen LogP contribution < -0.4 is 0 Å². The molecule has 31 heavy (non-hydrogen) atoms. The Morgan fingerprint density at radius 3 is 2.16 bits per heavy atom. The number of carbonyl (C=O) groups is 2. The van der Waals surface area contributed by atoms with Crippen molar-refractivity contribution in [2.45, 2.75) is 31.7 Å². The molecule has 1 saturated carbocycles. The molecule has 3 fully saturated rings. The second-order valence-corrected chi connectivity index (χ2v) is 9.02. The van der Waals surface area contributed by atoms with E-state index in [0.29, 0.717) is 18.7 Å². The number of hydrogen-bond acceptors (Lipinski definition) is 4. The van der Waals surface area contributed by atoms with Gasteiger partial charge in [0.1, 0.15) is 0 Å². The zero-order valence-corrected chi connectivity index (χ0v) is 17.9. The van der Waals surface area contributed by atoms with Gasteiger partial charge in [0.05, 0.1) is 5.92 Å². The average Bonchev–Trinajstić information content (AvgIpc) is 2.98. The van der Waals surface area contributed by atoms with Crippen molar-refractivity contribution < 1.29 is 9.59 Å². The summed E-state index contributed by atoms with van der Waals surface area (Å²) >= 11 is 0. The first-order valence-electron chi connectivity index (χ1n) is 11.5. The van der Waals surface area contributed by atoms with E-state index in [1.54, 1.807) is 17.3 Å². The molecule has 162 valence electrons. The summed E-state index contributed by atoms with van der Waals surface area (Å²) in [5.74, 6) is 0.195.